The molecule has 0 aliphatic carbocycles. The van der Waals surface area contributed by atoms with Gasteiger partial charge < -0.3 is 10.2 Å². The number of hydrogen-bond donors (Lipinski definition) is 1. The van der Waals surface area contributed by atoms with E-state index in [1.54, 1.807) is 31.3 Å². The van der Waals surface area contributed by atoms with Gasteiger partial charge in [-0.3, -0.25) is 0 Å². The first kappa shape index (κ1) is 14.2. The number of nitrogens with one attached hydrogen (secondary N) is 1. The summed E-state index contributed by atoms with van der Waals surface area (Å²) in [4.78, 5) is 5.68. The molecule has 2 heterocycles. The minimum absolute atomic E-state index is 0.0703. The van der Waals surface area contributed by atoms with Crippen LogP contribution in [0.3, 0.4) is 0 Å². The molecule has 0 saturated carbocycles. The summed E-state index contributed by atoms with van der Waals surface area (Å²) in [6, 6.07) is 1.42. The molecule has 19 heavy (non-hydrogen) atoms. The number of aromatic nitrogens is 1. The molecule has 7 heteroatoms. The maximum Gasteiger partial charge on any atom is 0.170 e. The summed E-state index contributed by atoms with van der Waals surface area (Å²) < 4.78 is 37.2. The number of hydrogen-bond acceptors (Lipinski definition) is 5. The quantitative estimate of drug-likeness (QED) is 0.877. The van der Waals surface area contributed by atoms with E-state index in [-0.39, 0.29) is 29.2 Å². The first-order valence-corrected chi connectivity index (χ1v) is 7.98. The van der Waals surface area contributed by atoms with Gasteiger partial charge in [-0.25, -0.2) is 17.8 Å². The highest BCUT2D eigenvalue weighted by molar-refractivity contribution is 7.91. The van der Waals surface area contributed by atoms with Crippen LogP contribution in [-0.2, 0) is 16.4 Å². The third-order valence-electron chi connectivity index (χ3n) is 3.41. The second kappa shape index (κ2) is 5.42. The molecule has 0 radical (unpaired) electrons. The molecule has 0 amide bonds. The molecule has 0 aromatic carbocycles. The number of anilines is 1. The maximum absolute atomic E-state index is 14.3. The van der Waals surface area contributed by atoms with Crippen LogP contribution >= 0.6 is 0 Å². The molecule has 106 valence electrons. The van der Waals surface area contributed by atoms with E-state index in [4.69, 9.17) is 0 Å². The summed E-state index contributed by atoms with van der Waals surface area (Å²) in [7, 11) is 0.451. The number of pyridine rings is 1. The Morgan fingerprint density at radius 1 is 1.58 bits per heavy atom. The monoisotopic (exact) mass is 287 g/mol. The molecule has 0 spiro atoms. The van der Waals surface area contributed by atoms with Crippen LogP contribution < -0.4 is 10.2 Å². The van der Waals surface area contributed by atoms with Gasteiger partial charge in [-0.2, -0.15) is 0 Å². The Balaban J connectivity index is 2.24. The van der Waals surface area contributed by atoms with Crippen molar-refractivity contribution < 1.29 is 12.8 Å². The second-order valence-electron chi connectivity index (χ2n) is 4.81. The zero-order valence-corrected chi connectivity index (χ0v) is 11.9. The number of rotatable bonds is 4. The summed E-state index contributed by atoms with van der Waals surface area (Å²) in [5.74, 6) is 0.0688. The molecule has 1 saturated heterocycles. The smallest absolute Gasteiger partial charge is 0.170 e. The standard InChI is InChI=1S/C12H18FN3O2S/c1-14-7-9-3-5-15-12(11(9)13)16(2)10-4-6-19(17,18)8-10/h3,5,10,14H,4,6-8H2,1-2H3. The van der Waals surface area contributed by atoms with Gasteiger partial charge in [0.05, 0.1) is 11.5 Å². The van der Waals surface area contributed by atoms with E-state index in [1.807, 2.05) is 0 Å². The van der Waals surface area contributed by atoms with Gasteiger partial charge in [0, 0.05) is 31.4 Å². The zero-order valence-electron chi connectivity index (χ0n) is 11.1. The van der Waals surface area contributed by atoms with Gasteiger partial charge in [0.25, 0.3) is 0 Å². The third-order valence-corrected chi connectivity index (χ3v) is 5.16. The number of sulfone groups is 1. The molecule has 1 unspecified atom stereocenters. The van der Waals surface area contributed by atoms with Crippen molar-refractivity contribution in [2.75, 3.05) is 30.5 Å². The highest BCUT2D eigenvalue weighted by Crippen LogP contribution is 2.24. The van der Waals surface area contributed by atoms with E-state index in [0.717, 1.165) is 0 Å². The molecule has 1 aliphatic heterocycles. The fourth-order valence-electron chi connectivity index (χ4n) is 2.30. The Hall–Kier alpha value is -1.21. The van der Waals surface area contributed by atoms with Crippen LogP contribution in [-0.4, -0.2) is 45.0 Å². The summed E-state index contributed by atoms with van der Waals surface area (Å²) in [6.45, 7) is 0.415. The summed E-state index contributed by atoms with van der Waals surface area (Å²) in [6.07, 6.45) is 2.07. The minimum Gasteiger partial charge on any atom is -0.353 e. The van der Waals surface area contributed by atoms with Crippen molar-refractivity contribution >= 4 is 15.7 Å². The van der Waals surface area contributed by atoms with E-state index in [9.17, 15) is 12.8 Å². The van der Waals surface area contributed by atoms with E-state index >= 15 is 0 Å². The maximum atomic E-state index is 14.3. The fourth-order valence-corrected chi connectivity index (χ4v) is 4.07. The molecular weight excluding hydrogens is 269 g/mol. The molecule has 1 fully saturated rings. The van der Waals surface area contributed by atoms with Gasteiger partial charge >= 0.3 is 0 Å². The lowest BCUT2D eigenvalue weighted by molar-refractivity contribution is 0.576. The zero-order chi connectivity index (χ0) is 14.0. The van der Waals surface area contributed by atoms with Gasteiger partial charge in [0.1, 0.15) is 0 Å². The van der Waals surface area contributed by atoms with Crippen LogP contribution in [0, 0.1) is 5.82 Å². The molecule has 2 rings (SSSR count). The van der Waals surface area contributed by atoms with Crippen LogP contribution in [0.4, 0.5) is 10.2 Å². The van der Waals surface area contributed by atoms with E-state index in [0.29, 0.717) is 18.5 Å². The fraction of sp³-hybridized carbons (Fsp3) is 0.583. The Labute approximate surface area is 112 Å². The largest absolute Gasteiger partial charge is 0.353 e. The predicted molar refractivity (Wildman–Crippen MR) is 72.4 cm³/mol. The lowest BCUT2D eigenvalue weighted by Crippen LogP contribution is -2.34. The van der Waals surface area contributed by atoms with Crippen molar-refractivity contribution in [2.24, 2.45) is 0 Å². The summed E-state index contributed by atoms with van der Waals surface area (Å²) in [5, 5.41) is 2.89. The molecule has 0 bridgehead atoms. The van der Waals surface area contributed by atoms with Crippen LogP contribution in [0.2, 0.25) is 0 Å². The lowest BCUT2D eigenvalue weighted by atomic mass is 10.2. The molecule has 5 nitrogen and oxygen atoms in total. The van der Waals surface area contributed by atoms with Crippen molar-refractivity contribution in [2.45, 2.75) is 19.0 Å². The van der Waals surface area contributed by atoms with E-state index < -0.39 is 9.84 Å². The molecular formula is C12H18FN3O2S. The van der Waals surface area contributed by atoms with Gasteiger partial charge in [-0.15, -0.1) is 0 Å². The molecule has 1 aliphatic rings. The van der Waals surface area contributed by atoms with Crippen molar-refractivity contribution in [3.8, 4) is 0 Å². The van der Waals surface area contributed by atoms with Crippen molar-refractivity contribution in [1.82, 2.24) is 10.3 Å². The highest BCUT2D eigenvalue weighted by atomic mass is 32.2. The predicted octanol–water partition coefficient (Wildman–Crippen LogP) is 0.563. The Bertz CT molecular complexity index is 562. The average Bonchev–Trinajstić information content (AvgIpc) is 2.72. The first-order chi connectivity index (χ1) is 8.94. The van der Waals surface area contributed by atoms with Crippen molar-refractivity contribution in [3.05, 3.63) is 23.6 Å². The Kier molecular flexibility index (Phi) is 4.05. The van der Waals surface area contributed by atoms with E-state index in [1.165, 1.54) is 0 Å². The molecule has 1 aromatic rings. The molecule has 1 atom stereocenters. The number of halogens is 1. The highest BCUT2D eigenvalue weighted by Gasteiger charge is 2.32. The number of nitrogens with zero attached hydrogens (tertiary/aromatic N) is 2. The summed E-state index contributed by atoms with van der Waals surface area (Å²) >= 11 is 0. The lowest BCUT2D eigenvalue weighted by Gasteiger charge is -2.25. The second-order valence-corrected chi connectivity index (χ2v) is 7.03. The minimum atomic E-state index is -2.99. The van der Waals surface area contributed by atoms with Crippen LogP contribution in [0.25, 0.3) is 0 Å². The van der Waals surface area contributed by atoms with Gasteiger partial charge in [-0.05, 0) is 19.5 Å². The Morgan fingerprint density at radius 3 is 2.89 bits per heavy atom. The van der Waals surface area contributed by atoms with Crippen LogP contribution in [0.1, 0.15) is 12.0 Å². The van der Waals surface area contributed by atoms with Gasteiger partial charge in [0.15, 0.2) is 21.5 Å². The molecule has 1 N–H and O–H groups in total. The molecule has 1 aromatic heterocycles. The third kappa shape index (κ3) is 3.03. The van der Waals surface area contributed by atoms with E-state index in [2.05, 4.69) is 10.3 Å². The average molecular weight is 287 g/mol. The SMILES string of the molecule is CNCc1ccnc(N(C)C2CCS(=O)(=O)C2)c1F. The summed E-state index contributed by atoms with van der Waals surface area (Å²) in [5.41, 5.74) is 0.528. The van der Waals surface area contributed by atoms with Gasteiger partial charge in [0.2, 0.25) is 0 Å². The van der Waals surface area contributed by atoms with Crippen LogP contribution in [0.5, 0.6) is 0 Å². The Morgan fingerprint density at radius 2 is 2.32 bits per heavy atom. The van der Waals surface area contributed by atoms with Crippen molar-refractivity contribution in [3.63, 3.8) is 0 Å². The normalized spacial score (nSPS) is 21.5. The van der Waals surface area contributed by atoms with Crippen molar-refractivity contribution in [1.29, 1.82) is 0 Å². The topological polar surface area (TPSA) is 62.3 Å². The first-order valence-electron chi connectivity index (χ1n) is 6.16. The van der Waals surface area contributed by atoms with Crippen LogP contribution in [0.15, 0.2) is 12.3 Å². The van der Waals surface area contributed by atoms with Gasteiger partial charge in [-0.1, -0.05) is 0 Å².